The van der Waals surface area contributed by atoms with Crippen LogP contribution in [0.2, 0.25) is 0 Å². The number of hydroxylamine groups is 4. The molecule has 1 saturated heterocycles. The Bertz CT molecular complexity index is 2770. The summed E-state index contributed by atoms with van der Waals surface area (Å²) in [6.45, 7) is 40.0. The molecule has 1 fully saturated rings. The first kappa shape index (κ1) is 88.8. The molecule has 91 heavy (non-hydrogen) atoms. The number of nitrogens with zero attached hydrogens (tertiary/aromatic N) is 4. The Balaban J connectivity index is -0.000000984. The van der Waals surface area contributed by atoms with E-state index in [1.54, 1.807) is 88.9 Å². The van der Waals surface area contributed by atoms with E-state index in [0.717, 1.165) is 34.4 Å². The molecule has 0 saturated carbocycles. The molecule has 4 heterocycles. The average Bonchev–Trinajstić information content (AvgIpc) is 1.75. The molecule has 2 N–H and O–H groups in total. The largest absolute Gasteiger partial charge is 0.508 e. The second-order valence-corrected chi connectivity index (χ2v) is 26.6. The zero-order chi connectivity index (χ0) is 70.4. The molecule has 28 heteroatoms. The topological polar surface area (TPSA) is 200 Å². The molecule has 0 radical (unpaired) electrons. The van der Waals surface area contributed by atoms with Gasteiger partial charge in [0.1, 0.15) is 5.60 Å². The van der Waals surface area contributed by atoms with Crippen molar-refractivity contribution in [1.29, 1.82) is 0 Å². The third-order valence-corrected chi connectivity index (χ3v) is 10.9. The quantitative estimate of drug-likeness (QED) is 0.0464. The fourth-order valence-corrected chi connectivity index (χ4v) is 7.78. The molecular weight excluding hydrogens is 1260 g/mol. The third kappa shape index (κ3) is 38.3. The van der Waals surface area contributed by atoms with Crippen LogP contribution in [0, 0.1) is 47.9 Å². The van der Waals surface area contributed by atoms with Gasteiger partial charge in [0.05, 0.1) is 52.1 Å². The number of nitrogens with one attached hydrogen (secondary N) is 1. The monoisotopic (exact) mass is 1350 g/mol. The molecule has 0 aliphatic carbocycles. The van der Waals surface area contributed by atoms with Crippen LogP contribution in [-0.4, -0.2) is 114 Å². The van der Waals surface area contributed by atoms with Crippen molar-refractivity contribution in [2.45, 2.75) is 217 Å². The number of para-hydroxylation sites is 1. The smallest absolute Gasteiger partial charge is 0.485 e. The summed E-state index contributed by atoms with van der Waals surface area (Å²) in [5.74, 6) is -6.10. The van der Waals surface area contributed by atoms with Crippen LogP contribution in [0.15, 0.2) is 71.6 Å². The summed E-state index contributed by atoms with van der Waals surface area (Å²) in [6, 6.07) is 15.0. The molecule has 3 aromatic carbocycles. The molecule has 0 atom stereocenters. The summed E-state index contributed by atoms with van der Waals surface area (Å²) in [6.07, 6.45) is -11.1. The minimum Gasteiger partial charge on any atom is -0.485 e. The second-order valence-electron chi connectivity index (χ2n) is 23.8. The number of aromatic nitrogens is 3. The van der Waals surface area contributed by atoms with Crippen molar-refractivity contribution in [1.82, 2.24) is 25.1 Å². The molecule has 16 nitrogen and oxygen atoms in total. The molecule has 0 bridgehead atoms. The number of aliphatic hydroxyl groups is 1. The van der Waals surface area contributed by atoms with Gasteiger partial charge in [-0.05, 0) is 118 Å². The van der Waals surface area contributed by atoms with Gasteiger partial charge in [-0.3, -0.25) is 28.9 Å². The number of hydrogen-bond acceptors (Lipinski definition) is 15. The van der Waals surface area contributed by atoms with Crippen molar-refractivity contribution >= 4 is 63.1 Å². The van der Waals surface area contributed by atoms with E-state index in [4.69, 9.17) is 24.3 Å². The maximum Gasteiger partial charge on any atom is 0.508 e. The number of ether oxygens (including phenoxy) is 3. The highest BCUT2D eigenvalue weighted by molar-refractivity contribution is 8.01. The summed E-state index contributed by atoms with van der Waals surface area (Å²) in [4.78, 5) is 77.7. The number of imide groups is 2. The van der Waals surface area contributed by atoms with Crippen LogP contribution in [0.4, 0.5) is 48.7 Å². The zero-order valence-corrected chi connectivity index (χ0v) is 56.6. The molecule has 5 aromatic rings. The van der Waals surface area contributed by atoms with Gasteiger partial charge in [-0.2, -0.15) is 40.2 Å². The molecule has 0 spiro atoms. The average molecular weight is 1350 g/mol. The number of thioether (sulfide) groups is 1. The van der Waals surface area contributed by atoms with Gasteiger partial charge in [-0.1, -0.05) is 113 Å². The highest BCUT2D eigenvalue weighted by atomic mass is 32.2. The Morgan fingerprint density at radius 2 is 1.11 bits per heavy atom. The number of thiazole rings is 1. The van der Waals surface area contributed by atoms with E-state index in [1.807, 2.05) is 52.4 Å². The van der Waals surface area contributed by atoms with E-state index in [9.17, 15) is 67.9 Å². The van der Waals surface area contributed by atoms with E-state index in [0.29, 0.717) is 28.9 Å². The normalized spacial score (nSPS) is 12.7. The number of aromatic amines is 1. The summed E-state index contributed by atoms with van der Waals surface area (Å²) in [5, 5.41) is 9.79. The molecule has 4 amide bonds. The number of aliphatic hydroxyl groups excluding tert-OH is 1. The molecule has 518 valence electrons. The van der Waals surface area contributed by atoms with Crippen LogP contribution in [0.1, 0.15) is 185 Å². The SMILES string of the molecule is C.CC(C)(C)ON1C(=O)c2ccccc2C1=O.CC(C)C.CC(C)C.CC(C)COC(=O)OC(C)(C)C.CC(C)ON1C(=O)CCC1=O.CC(C)Sc1nc2ccccc2s1.Cc1c(F)c(F)c(OC(C)C)c(F)c1F.OC(C(F)(F)F)C(F)(F)F.c1c[nH]cn1. The fourth-order valence-electron chi connectivity index (χ4n) is 5.49. The van der Waals surface area contributed by atoms with Crippen molar-refractivity contribution in [3.05, 3.63) is 107 Å². The maximum absolute atomic E-state index is 13.2. The summed E-state index contributed by atoms with van der Waals surface area (Å²) in [5.41, 5.74) is 0.187. The van der Waals surface area contributed by atoms with Crippen LogP contribution >= 0.6 is 23.1 Å². The van der Waals surface area contributed by atoms with E-state index >= 15 is 0 Å². The van der Waals surface area contributed by atoms with Crippen molar-refractivity contribution in [3.63, 3.8) is 0 Å². The number of imidazole rings is 1. The van der Waals surface area contributed by atoms with Crippen LogP contribution in [0.5, 0.6) is 5.75 Å². The fraction of sp³-hybridized carbons (Fsp3) is 0.571. The number of fused-ring (bicyclic) bond motifs is 2. The van der Waals surface area contributed by atoms with Crippen LogP contribution in [0.25, 0.3) is 10.2 Å². The van der Waals surface area contributed by atoms with E-state index in [2.05, 4.69) is 93.3 Å². The van der Waals surface area contributed by atoms with Gasteiger partial charge in [0.25, 0.3) is 23.6 Å². The second kappa shape index (κ2) is 42.0. The van der Waals surface area contributed by atoms with Crippen molar-refractivity contribution < 1.29 is 96.9 Å². The first-order chi connectivity index (χ1) is 41.0. The number of halogens is 10. The molecule has 2 aliphatic rings. The Morgan fingerprint density at radius 3 is 1.43 bits per heavy atom. The standard InChI is InChI=1S/C12H13NO3.C10H10F4O.C10H11NS2.C9H18O3.C7H11NO3.2C4H10.C3H2F6O.C3H4N2.CH4/c1-12(2,3)16-13-10(14)8-6-4-5-7-9(8)11(13)15;1-4(2)15-10-8(13)6(11)5(3)7(12)9(10)14;1-7(2)12-10-11-8-5-3-4-6-9(8)13-10;1-7(2)6-11-8(10)12-9(3,4)5;1-5(2)11-8-6(9)3-4-7(8)10;2*1-4(2)3;4-2(5,6)1(10)3(7,8)9;1-2-5-3-4-1;/h4-7H,1-3H3;4H,1-3H3;3-7H,1-2H3;7H,6H2,1-5H3;5H,3-4H2,1-2H3;2*4H,1-3H3;1,10H;1-3H,(H,4,5);1H4. The molecule has 2 aromatic heterocycles. The zero-order valence-electron chi connectivity index (χ0n) is 54.9. The Labute approximate surface area is 537 Å². The Kier molecular flexibility index (Phi) is 41.0. The molecular formula is C63H93F10N5O11S2. The van der Waals surface area contributed by atoms with E-state index in [1.165, 1.54) is 22.9 Å². The van der Waals surface area contributed by atoms with Crippen molar-refractivity contribution in [2.75, 3.05) is 6.61 Å². The lowest BCUT2D eigenvalue weighted by Crippen LogP contribution is -2.41. The number of alkyl halides is 6. The van der Waals surface area contributed by atoms with Gasteiger partial charge in [0.2, 0.25) is 17.7 Å². The Morgan fingerprint density at radius 1 is 0.670 bits per heavy atom. The lowest BCUT2D eigenvalue weighted by atomic mass is 10.1. The van der Waals surface area contributed by atoms with Gasteiger partial charge in [0, 0.05) is 36.0 Å². The molecule has 0 unspecified atom stereocenters. The number of amides is 4. The van der Waals surface area contributed by atoms with Gasteiger partial charge in [-0.15, -0.1) is 16.4 Å². The van der Waals surface area contributed by atoms with Gasteiger partial charge in [0.15, 0.2) is 21.7 Å². The molecule has 7 rings (SSSR count). The van der Waals surface area contributed by atoms with Gasteiger partial charge < -0.3 is 24.3 Å². The predicted octanol–water partition coefficient (Wildman–Crippen LogP) is 18.1. The number of hydrogen-bond donors (Lipinski definition) is 2. The minimum absolute atomic E-state index is 0. The lowest BCUT2D eigenvalue weighted by molar-refractivity contribution is -0.308. The predicted molar refractivity (Wildman–Crippen MR) is 334 cm³/mol. The van der Waals surface area contributed by atoms with E-state index < -0.39 is 88.3 Å². The lowest BCUT2D eigenvalue weighted by Gasteiger charge is -2.24. The van der Waals surface area contributed by atoms with Crippen LogP contribution in [-0.2, 0) is 28.7 Å². The van der Waals surface area contributed by atoms with Crippen molar-refractivity contribution in [3.8, 4) is 5.75 Å². The Hall–Kier alpha value is -6.36. The number of rotatable bonds is 9. The number of carbonyl (C=O) groups is 5. The number of H-pyrrole nitrogens is 1. The third-order valence-electron chi connectivity index (χ3n) is 8.80. The molecule has 2 aliphatic heterocycles. The highest BCUT2D eigenvalue weighted by Crippen LogP contribution is 2.34. The minimum atomic E-state index is -5.63. The summed E-state index contributed by atoms with van der Waals surface area (Å²) < 4.78 is 135. The maximum atomic E-state index is 13.2. The van der Waals surface area contributed by atoms with Gasteiger partial charge in [-0.25, -0.2) is 23.5 Å². The summed E-state index contributed by atoms with van der Waals surface area (Å²) >= 11 is 3.61. The summed E-state index contributed by atoms with van der Waals surface area (Å²) in [7, 11) is 0. The van der Waals surface area contributed by atoms with E-state index in [-0.39, 0.29) is 38.2 Å². The van der Waals surface area contributed by atoms with Crippen LogP contribution in [0.3, 0.4) is 0 Å². The number of benzene rings is 3. The van der Waals surface area contributed by atoms with Crippen LogP contribution < -0.4 is 4.74 Å². The first-order valence-corrected chi connectivity index (χ1v) is 30.1. The highest BCUT2D eigenvalue weighted by Gasteiger charge is 2.55. The van der Waals surface area contributed by atoms with Gasteiger partial charge >= 0.3 is 18.5 Å². The van der Waals surface area contributed by atoms with Crippen molar-refractivity contribution in [2.24, 2.45) is 17.8 Å². The first-order valence-electron chi connectivity index (χ1n) is 28.4. The number of carbonyl (C=O) groups excluding carboxylic acids is 5.